The molecule has 0 unspecified atom stereocenters. The molecule has 0 aliphatic carbocycles. The van der Waals surface area contributed by atoms with Crippen molar-refractivity contribution < 1.29 is 27.8 Å². The van der Waals surface area contributed by atoms with Gasteiger partial charge < -0.3 is 20.1 Å². The van der Waals surface area contributed by atoms with Gasteiger partial charge in [-0.3, -0.25) is 4.79 Å². The van der Waals surface area contributed by atoms with Crippen LogP contribution in [0.3, 0.4) is 0 Å². The number of ether oxygens (including phenoxy) is 1. The van der Waals surface area contributed by atoms with Crippen molar-refractivity contribution in [1.82, 2.24) is 15.5 Å². The van der Waals surface area contributed by atoms with Crippen LogP contribution in [0.15, 0.2) is 36.5 Å². The molecule has 0 fully saturated rings. The normalized spacial score (nSPS) is 11.2. The Bertz CT molecular complexity index is 769. The lowest BCUT2D eigenvalue weighted by Crippen LogP contribution is -2.32. The van der Waals surface area contributed by atoms with Crippen LogP contribution < -0.4 is 15.0 Å². The number of alkyl halides is 3. The zero-order valence-corrected chi connectivity index (χ0v) is 15.2. The van der Waals surface area contributed by atoms with Gasteiger partial charge in [-0.1, -0.05) is 12.1 Å². The highest BCUT2D eigenvalue weighted by Crippen LogP contribution is 2.34. The number of benzene rings is 1. The summed E-state index contributed by atoms with van der Waals surface area (Å²) in [5.41, 5.74) is -0.118. The number of amides is 1. The molecular weight excluding hydrogens is 377 g/mol. The lowest BCUT2D eigenvalue weighted by molar-refractivity contribution is -0.137. The molecule has 0 radical (unpaired) electrons. The van der Waals surface area contributed by atoms with E-state index in [0.717, 1.165) is 17.8 Å². The molecule has 1 aromatic carbocycles. The minimum absolute atomic E-state index is 0.0752. The van der Waals surface area contributed by atoms with Crippen LogP contribution in [-0.4, -0.2) is 48.0 Å². The van der Waals surface area contributed by atoms with Crippen LogP contribution in [0.25, 0.3) is 0 Å². The van der Waals surface area contributed by atoms with Gasteiger partial charge in [-0.15, -0.1) is 5.10 Å². The second-order valence-corrected chi connectivity index (χ2v) is 5.98. The molecule has 10 heteroatoms. The number of nitrogens with zero attached hydrogens (tertiary/aromatic N) is 3. The largest absolute Gasteiger partial charge is 0.484 e. The molecule has 0 saturated carbocycles. The fourth-order valence-electron chi connectivity index (χ4n) is 2.37. The third kappa shape index (κ3) is 6.38. The molecule has 0 bridgehead atoms. The summed E-state index contributed by atoms with van der Waals surface area (Å²) >= 11 is 0. The van der Waals surface area contributed by atoms with E-state index in [4.69, 9.17) is 9.84 Å². The maximum absolute atomic E-state index is 13.0. The van der Waals surface area contributed by atoms with Crippen LogP contribution in [0.2, 0.25) is 0 Å². The van der Waals surface area contributed by atoms with E-state index in [2.05, 4.69) is 15.5 Å². The summed E-state index contributed by atoms with van der Waals surface area (Å²) < 4.78 is 44.3. The van der Waals surface area contributed by atoms with Crippen molar-refractivity contribution in [3.05, 3.63) is 47.7 Å². The van der Waals surface area contributed by atoms with Gasteiger partial charge in [-0.05, 0) is 30.2 Å². The summed E-state index contributed by atoms with van der Waals surface area (Å²) in [6.45, 7) is 0.272. The summed E-state index contributed by atoms with van der Waals surface area (Å²) in [6, 6.07) is 7.54. The van der Waals surface area contributed by atoms with Crippen molar-refractivity contribution in [2.75, 3.05) is 31.6 Å². The van der Waals surface area contributed by atoms with Crippen molar-refractivity contribution in [2.24, 2.45) is 0 Å². The van der Waals surface area contributed by atoms with E-state index in [1.165, 1.54) is 11.9 Å². The molecule has 2 aromatic rings. The summed E-state index contributed by atoms with van der Waals surface area (Å²) in [4.78, 5) is 13.1. The number of hydrogen-bond acceptors (Lipinski definition) is 6. The monoisotopic (exact) mass is 398 g/mol. The number of aliphatic hydroxyl groups is 1. The van der Waals surface area contributed by atoms with E-state index in [9.17, 15) is 18.0 Å². The number of aliphatic hydroxyl groups excluding tert-OH is 1. The molecule has 28 heavy (non-hydrogen) atoms. The smallest absolute Gasteiger partial charge is 0.420 e. The first-order valence-corrected chi connectivity index (χ1v) is 8.50. The fraction of sp³-hybridized carbons (Fsp3) is 0.389. The van der Waals surface area contributed by atoms with Crippen LogP contribution in [0.4, 0.5) is 19.0 Å². The Balaban J connectivity index is 1.72. The highest BCUT2D eigenvalue weighted by atomic mass is 19.4. The number of rotatable bonds is 9. The Labute approximate surface area is 160 Å². The number of hydrogen-bond donors (Lipinski definition) is 2. The SMILES string of the molecule is CN(CCCNC(=O)COc1ccc(CO)cc1)c1nnccc1C(F)(F)F. The van der Waals surface area contributed by atoms with Gasteiger partial charge in [0.2, 0.25) is 0 Å². The van der Waals surface area contributed by atoms with Gasteiger partial charge in [-0.2, -0.15) is 18.3 Å². The number of nitrogens with one attached hydrogen (secondary N) is 1. The standard InChI is InChI=1S/C18H21F3N4O3/c1-25(17-15(18(19,20)21)7-9-23-24-17)10-2-8-22-16(27)12-28-14-5-3-13(11-26)4-6-14/h3-7,9,26H,2,8,10-12H2,1H3,(H,22,27). The van der Waals surface area contributed by atoms with E-state index in [1.807, 2.05) is 0 Å². The molecule has 1 amide bonds. The zero-order chi connectivity index (χ0) is 20.6. The molecular formula is C18H21F3N4O3. The lowest BCUT2D eigenvalue weighted by Gasteiger charge is -2.21. The first-order valence-electron chi connectivity index (χ1n) is 8.50. The molecule has 2 N–H and O–H groups in total. The van der Waals surface area contributed by atoms with Crippen LogP contribution in [-0.2, 0) is 17.6 Å². The molecule has 7 nitrogen and oxygen atoms in total. The summed E-state index contributed by atoms with van der Waals surface area (Å²) in [7, 11) is 1.49. The second kappa shape index (κ2) is 9.88. The predicted octanol–water partition coefficient (Wildman–Crippen LogP) is 2.01. The van der Waals surface area contributed by atoms with Gasteiger partial charge in [0, 0.05) is 20.1 Å². The Kier molecular flexibility index (Phi) is 7.56. The van der Waals surface area contributed by atoms with Crippen LogP contribution >= 0.6 is 0 Å². The highest BCUT2D eigenvalue weighted by Gasteiger charge is 2.35. The average molecular weight is 398 g/mol. The van der Waals surface area contributed by atoms with Crippen molar-refractivity contribution in [1.29, 1.82) is 0 Å². The molecule has 2 rings (SSSR count). The molecule has 0 spiro atoms. The van der Waals surface area contributed by atoms with Crippen molar-refractivity contribution in [2.45, 2.75) is 19.2 Å². The highest BCUT2D eigenvalue weighted by molar-refractivity contribution is 5.77. The molecule has 0 aliphatic rings. The van der Waals surface area contributed by atoms with Gasteiger partial charge in [0.05, 0.1) is 12.8 Å². The second-order valence-electron chi connectivity index (χ2n) is 5.98. The van der Waals surface area contributed by atoms with Gasteiger partial charge in [0.1, 0.15) is 11.3 Å². The van der Waals surface area contributed by atoms with Crippen LogP contribution in [0.1, 0.15) is 17.5 Å². The number of aromatic nitrogens is 2. The third-order valence-corrected chi connectivity index (χ3v) is 3.84. The van der Waals surface area contributed by atoms with Gasteiger partial charge in [0.25, 0.3) is 5.91 Å². The first-order chi connectivity index (χ1) is 13.3. The van der Waals surface area contributed by atoms with E-state index >= 15 is 0 Å². The Morgan fingerprint density at radius 1 is 1.25 bits per heavy atom. The molecule has 0 aliphatic heterocycles. The predicted molar refractivity (Wildman–Crippen MR) is 95.8 cm³/mol. The Morgan fingerprint density at radius 2 is 1.96 bits per heavy atom. The van der Waals surface area contributed by atoms with Crippen molar-refractivity contribution in [3.63, 3.8) is 0 Å². The number of anilines is 1. The van der Waals surface area contributed by atoms with Crippen LogP contribution in [0, 0.1) is 0 Å². The number of halogens is 3. The van der Waals surface area contributed by atoms with E-state index in [0.29, 0.717) is 12.2 Å². The quantitative estimate of drug-likeness (QED) is 0.629. The molecule has 0 saturated heterocycles. The first kappa shape index (κ1) is 21.4. The molecule has 152 valence electrons. The number of carbonyl (C=O) groups is 1. The molecule has 1 aromatic heterocycles. The third-order valence-electron chi connectivity index (χ3n) is 3.84. The molecule has 1 heterocycles. The Morgan fingerprint density at radius 3 is 2.61 bits per heavy atom. The fourth-order valence-corrected chi connectivity index (χ4v) is 2.37. The Hall–Kier alpha value is -2.88. The van der Waals surface area contributed by atoms with Crippen molar-refractivity contribution in [3.8, 4) is 5.75 Å². The lowest BCUT2D eigenvalue weighted by atomic mass is 10.2. The van der Waals surface area contributed by atoms with Gasteiger partial charge in [0.15, 0.2) is 12.4 Å². The summed E-state index contributed by atoms with van der Waals surface area (Å²) in [5.74, 6) is -0.102. The maximum Gasteiger partial charge on any atom is 0.420 e. The average Bonchev–Trinajstić information content (AvgIpc) is 2.69. The van der Waals surface area contributed by atoms with Gasteiger partial charge in [-0.25, -0.2) is 0 Å². The van der Waals surface area contributed by atoms with Gasteiger partial charge >= 0.3 is 6.18 Å². The number of carbonyl (C=O) groups excluding carboxylic acids is 1. The van der Waals surface area contributed by atoms with E-state index in [-0.39, 0.29) is 38.0 Å². The van der Waals surface area contributed by atoms with Crippen LogP contribution in [0.5, 0.6) is 5.75 Å². The summed E-state index contributed by atoms with van der Waals surface area (Å²) in [5, 5.41) is 18.7. The zero-order valence-electron chi connectivity index (χ0n) is 15.2. The molecule has 0 atom stereocenters. The van der Waals surface area contributed by atoms with E-state index < -0.39 is 11.7 Å². The minimum atomic E-state index is -4.51. The topological polar surface area (TPSA) is 87.6 Å². The maximum atomic E-state index is 13.0. The summed E-state index contributed by atoms with van der Waals surface area (Å²) in [6.07, 6.45) is -3.10. The van der Waals surface area contributed by atoms with Crippen molar-refractivity contribution >= 4 is 11.7 Å². The van der Waals surface area contributed by atoms with E-state index in [1.54, 1.807) is 24.3 Å². The minimum Gasteiger partial charge on any atom is -0.484 e.